The molecule has 4 N–H and O–H groups in total. The second-order valence-electron chi connectivity index (χ2n) is 2.51. The Balaban J connectivity index is 3.09. The minimum atomic E-state index is -0.652. The second-order valence-corrected chi connectivity index (χ2v) is 2.51. The van der Waals surface area contributed by atoms with Crippen LogP contribution in [-0.4, -0.2) is 28.2 Å². The monoisotopic (exact) mass is 199 g/mol. The lowest BCUT2D eigenvalue weighted by Crippen LogP contribution is -2.19. The van der Waals surface area contributed by atoms with Crippen LogP contribution in [0.2, 0.25) is 0 Å². The van der Waals surface area contributed by atoms with Crippen LogP contribution in [0.5, 0.6) is 5.88 Å². The van der Waals surface area contributed by atoms with Crippen LogP contribution in [0.3, 0.4) is 0 Å². The van der Waals surface area contributed by atoms with Gasteiger partial charge in [0.05, 0.1) is 19.1 Å². The number of nitrogens with zero attached hydrogens (tertiary/aromatic N) is 1. The number of hydrogen-bond acceptors (Lipinski definition) is 6. The van der Waals surface area contributed by atoms with Gasteiger partial charge in [0.15, 0.2) is 0 Å². The summed E-state index contributed by atoms with van der Waals surface area (Å²) in [5.74, 6) is -1.41. The van der Waals surface area contributed by atoms with Crippen molar-refractivity contribution < 1.29 is 14.6 Å². The van der Waals surface area contributed by atoms with Gasteiger partial charge in [0.25, 0.3) is 5.56 Å². The summed E-state index contributed by atoms with van der Waals surface area (Å²) >= 11 is 0. The normalized spacial score (nSPS) is 9.79. The lowest BCUT2D eigenvalue weighted by Gasteiger charge is -2.01. The van der Waals surface area contributed by atoms with Gasteiger partial charge in [-0.2, -0.15) is 4.98 Å². The second kappa shape index (κ2) is 3.77. The number of rotatable bonds is 2. The molecular weight excluding hydrogens is 190 g/mol. The number of aromatic nitrogens is 2. The number of esters is 1. The maximum absolute atomic E-state index is 11.2. The summed E-state index contributed by atoms with van der Waals surface area (Å²) in [6.45, 7) is 0. The van der Waals surface area contributed by atoms with Gasteiger partial charge in [-0.15, -0.1) is 0 Å². The number of anilines is 1. The molecule has 0 aliphatic carbocycles. The first kappa shape index (κ1) is 10.0. The van der Waals surface area contributed by atoms with Gasteiger partial charge in [0, 0.05) is 0 Å². The van der Waals surface area contributed by atoms with Gasteiger partial charge in [0.2, 0.25) is 11.8 Å². The molecule has 7 nitrogen and oxygen atoms in total. The molecular formula is C7H9N3O4. The van der Waals surface area contributed by atoms with E-state index in [0.717, 1.165) is 0 Å². The molecule has 0 fully saturated rings. The van der Waals surface area contributed by atoms with E-state index in [0.29, 0.717) is 0 Å². The van der Waals surface area contributed by atoms with E-state index in [1.165, 1.54) is 7.11 Å². The summed E-state index contributed by atoms with van der Waals surface area (Å²) < 4.78 is 4.33. The van der Waals surface area contributed by atoms with Crippen molar-refractivity contribution in [1.29, 1.82) is 0 Å². The molecule has 0 atom stereocenters. The molecule has 14 heavy (non-hydrogen) atoms. The third-order valence-corrected chi connectivity index (χ3v) is 1.56. The average molecular weight is 199 g/mol. The number of nitrogens with one attached hydrogen (secondary N) is 1. The molecule has 0 bridgehead atoms. The summed E-state index contributed by atoms with van der Waals surface area (Å²) in [5.41, 5.74) is 4.34. The minimum absolute atomic E-state index is 0.161. The SMILES string of the molecule is COC(=O)Cc1c(O)nc(N)[nH]c1=O. The van der Waals surface area contributed by atoms with Crippen molar-refractivity contribution in [2.75, 3.05) is 12.8 Å². The Morgan fingerprint density at radius 2 is 2.36 bits per heavy atom. The van der Waals surface area contributed by atoms with E-state index in [4.69, 9.17) is 5.73 Å². The number of carbonyl (C=O) groups excluding carboxylic acids is 1. The fraction of sp³-hybridized carbons (Fsp3) is 0.286. The topological polar surface area (TPSA) is 118 Å². The number of aromatic amines is 1. The van der Waals surface area contributed by atoms with E-state index >= 15 is 0 Å². The van der Waals surface area contributed by atoms with E-state index in [-0.39, 0.29) is 17.9 Å². The number of hydrogen-bond donors (Lipinski definition) is 3. The molecule has 0 unspecified atom stereocenters. The van der Waals surface area contributed by atoms with Crippen molar-refractivity contribution in [3.63, 3.8) is 0 Å². The van der Waals surface area contributed by atoms with Crippen LogP contribution in [0.15, 0.2) is 4.79 Å². The van der Waals surface area contributed by atoms with Gasteiger partial charge in [-0.05, 0) is 0 Å². The molecule has 0 radical (unpaired) electrons. The Bertz CT molecular complexity index is 412. The Morgan fingerprint density at radius 1 is 1.71 bits per heavy atom. The van der Waals surface area contributed by atoms with Crippen molar-refractivity contribution in [2.45, 2.75) is 6.42 Å². The standard InChI is InChI=1S/C7H9N3O4/c1-14-4(11)2-3-5(12)9-7(8)10-6(3)13/h2H2,1H3,(H4,8,9,10,12,13). The molecule has 76 valence electrons. The molecule has 0 saturated heterocycles. The molecule has 1 rings (SSSR count). The van der Waals surface area contributed by atoms with Gasteiger partial charge < -0.3 is 15.6 Å². The molecule has 0 aliphatic rings. The molecule has 0 aliphatic heterocycles. The number of ether oxygens (including phenoxy) is 1. The third kappa shape index (κ3) is 2.00. The summed E-state index contributed by atoms with van der Waals surface area (Å²) in [6.07, 6.45) is -0.342. The quantitative estimate of drug-likeness (QED) is 0.513. The molecule has 1 heterocycles. The lowest BCUT2D eigenvalue weighted by molar-refractivity contribution is -0.139. The first-order chi connectivity index (χ1) is 6.54. The van der Waals surface area contributed by atoms with E-state index in [2.05, 4.69) is 14.7 Å². The molecule has 0 saturated carbocycles. The Hall–Kier alpha value is -2.05. The van der Waals surface area contributed by atoms with Gasteiger partial charge >= 0.3 is 5.97 Å². The van der Waals surface area contributed by atoms with E-state index in [1.54, 1.807) is 0 Å². The molecule has 0 amide bonds. The van der Waals surface area contributed by atoms with Crippen LogP contribution in [-0.2, 0) is 16.0 Å². The number of nitrogen functional groups attached to an aromatic ring is 1. The largest absolute Gasteiger partial charge is 0.493 e. The van der Waals surface area contributed by atoms with Crippen molar-refractivity contribution in [2.24, 2.45) is 0 Å². The van der Waals surface area contributed by atoms with Gasteiger partial charge in [-0.1, -0.05) is 0 Å². The summed E-state index contributed by atoms with van der Waals surface area (Å²) in [4.78, 5) is 27.5. The van der Waals surface area contributed by atoms with Crippen LogP contribution in [0.25, 0.3) is 0 Å². The lowest BCUT2D eigenvalue weighted by atomic mass is 10.2. The van der Waals surface area contributed by atoms with Crippen molar-refractivity contribution in [3.05, 3.63) is 15.9 Å². The summed E-state index contributed by atoms with van der Waals surface area (Å²) in [7, 11) is 1.18. The van der Waals surface area contributed by atoms with Crippen molar-refractivity contribution in [1.82, 2.24) is 9.97 Å². The first-order valence-electron chi connectivity index (χ1n) is 3.69. The number of carbonyl (C=O) groups is 1. The number of H-pyrrole nitrogens is 1. The summed E-state index contributed by atoms with van der Waals surface area (Å²) in [5, 5.41) is 9.20. The predicted octanol–water partition coefficient (Wildman–Crippen LogP) is -1.23. The van der Waals surface area contributed by atoms with Gasteiger partial charge in [0.1, 0.15) is 0 Å². The fourth-order valence-corrected chi connectivity index (χ4v) is 0.879. The Morgan fingerprint density at radius 3 is 2.86 bits per heavy atom. The molecule has 0 spiro atoms. The highest BCUT2D eigenvalue weighted by molar-refractivity contribution is 5.72. The smallest absolute Gasteiger partial charge is 0.310 e. The Labute approximate surface area is 78.5 Å². The highest BCUT2D eigenvalue weighted by Crippen LogP contribution is 2.09. The fourth-order valence-electron chi connectivity index (χ4n) is 0.879. The van der Waals surface area contributed by atoms with E-state index in [9.17, 15) is 14.7 Å². The molecule has 7 heteroatoms. The zero-order chi connectivity index (χ0) is 10.7. The molecule has 1 aromatic rings. The van der Waals surface area contributed by atoms with E-state index < -0.39 is 17.4 Å². The van der Waals surface area contributed by atoms with Crippen molar-refractivity contribution >= 4 is 11.9 Å². The Kier molecular flexibility index (Phi) is 2.70. The van der Waals surface area contributed by atoms with Crippen LogP contribution in [0.4, 0.5) is 5.95 Å². The van der Waals surface area contributed by atoms with Crippen LogP contribution >= 0.6 is 0 Å². The minimum Gasteiger partial charge on any atom is -0.493 e. The third-order valence-electron chi connectivity index (χ3n) is 1.56. The maximum atomic E-state index is 11.2. The van der Waals surface area contributed by atoms with Crippen molar-refractivity contribution in [3.8, 4) is 5.88 Å². The van der Waals surface area contributed by atoms with Gasteiger partial charge in [-0.3, -0.25) is 14.6 Å². The maximum Gasteiger partial charge on any atom is 0.310 e. The summed E-state index contributed by atoms with van der Waals surface area (Å²) in [6, 6.07) is 0. The molecule has 1 aromatic heterocycles. The predicted molar refractivity (Wildman–Crippen MR) is 46.7 cm³/mol. The highest BCUT2D eigenvalue weighted by Gasteiger charge is 2.13. The zero-order valence-corrected chi connectivity index (χ0v) is 7.40. The van der Waals surface area contributed by atoms with Gasteiger partial charge in [-0.25, -0.2) is 0 Å². The number of methoxy groups -OCH3 is 1. The molecule has 0 aromatic carbocycles. The first-order valence-corrected chi connectivity index (χ1v) is 3.69. The van der Waals surface area contributed by atoms with Crippen LogP contribution in [0.1, 0.15) is 5.56 Å². The highest BCUT2D eigenvalue weighted by atomic mass is 16.5. The number of aromatic hydroxyl groups is 1. The van der Waals surface area contributed by atoms with Crippen LogP contribution < -0.4 is 11.3 Å². The average Bonchev–Trinajstić information content (AvgIpc) is 2.10. The number of nitrogens with two attached hydrogens (primary N) is 1. The van der Waals surface area contributed by atoms with E-state index in [1.807, 2.05) is 0 Å². The van der Waals surface area contributed by atoms with Crippen LogP contribution in [0, 0.1) is 0 Å². The zero-order valence-electron chi connectivity index (χ0n) is 7.40.